The molecule has 1 saturated heterocycles. The van der Waals surface area contributed by atoms with Gasteiger partial charge in [0.2, 0.25) is 0 Å². The average Bonchev–Trinajstić information content (AvgIpc) is 2.89. The first kappa shape index (κ1) is 12.5. The van der Waals surface area contributed by atoms with Crippen LogP contribution in [0.25, 0.3) is 0 Å². The second kappa shape index (κ2) is 5.24. The van der Waals surface area contributed by atoms with Crippen molar-refractivity contribution in [3.63, 3.8) is 0 Å². The van der Waals surface area contributed by atoms with Gasteiger partial charge in [0.25, 0.3) is 0 Å². The van der Waals surface area contributed by atoms with Gasteiger partial charge in [-0.15, -0.1) is 0 Å². The van der Waals surface area contributed by atoms with Crippen molar-refractivity contribution in [2.45, 2.75) is 13.1 Å². The molecule has 1 aliphatic rings. The Balaban J connectivity index is 1.91. The number of rotatable bonds is 2. The molecule has 1 atom stereocenters. The van der Waals surface area contributed by atoms with E-state index >= 15 is 0 Å². The van der Waals surface area contributed by atoms with E-state index in [0.717, 1.165) is 18.1 Å². The van der Waals surface area contributed by atoms with Gasteiger partial charge in [-0.05, 0) is 30.7 Å². The summed E-state index contributed by atoms with van der Waals surface area (Å²) in [6, 6.07) is 16.7. The Morgan fingerprint density at radius 2 is 1.95 bits per heavy atom. The van der Waals surface area contributed by atoms with E-state index < -0.39 is 0 Å². The van der Waals surface area contributed by atoms with E-state index in [4.69, 9.17) is 11.6 Å². The molecule has 19 heavy (non-hydrogen) atoms. The molecule has 3 rings (SSSR count). The van der Waals surface area contributed by atoms with Crippen molar-refractivity contribution in [1.29, 1.82) is 0 Å². The fraction of sp³-hybridized carbons (Fsp3) is 0.250. The Bertz CT molecular complexity index is 565. The van der Waals surface area contributed by atoms with Crippen LogP contribution in [-0.4, -0.2) is 13.1 Å². The van der Waals surface area contributed by atoms with Gasteiger partial charge in [-0.1, -0.05) is 47.5 Å². The fourth-order valence-electron chi connectivity index (χ4n) is 2.54. The molecule has 2 aromatic rings. The highest BCUT2D eigenvalue weighted by molar-refractivity contribution is 6.30. The molecule has 2 aromatic carbocycles. The molecule has 1 unspecified atom stereocenters. The van der Waals surface area contributed by atoms with Crippen molar-refractivity contribution in [2.75, 3.05) is 18.0 Å². The number of nitrogens with one attached hydrogen (secondary N) is 1. The van der Waals surface area contributed by atoms with Crippen LogP contribution in [0.3, 0.4) is 0 Å². The van der Waals surface area contributed by atoms with Gasteiger partial charge in [-0.3, -0.25) is 5.32 Å². The lowest BCUT2D eigenvalue weighted by molar-refractivity contribution is 0.644. The van der Waals surface area contributed by atoms with E-state index in [-0.39, 0.29) is 6.17 Å². The highest BCUT2D eigenvalue weighted by Gasteiger charge is 2.25. The molecule has 0 aromatic heterocycles. The van der Waals surface area contributed by atoms with Crippen LogP contribution in [0.2, 0.25) is 5.02 Å². The number of hydrogen-bond donors (Lipinski definition) is 1. The molecule has 0 aliphatic carbocycles. The van der Waals surface area contributed by atoms with Crippen LogP contribution in [-0.2, 0) is 0 Å². The Labute approximate surface area is 119 Å². The first-order valence-corrected chi connectivity index (χ1v) is 6.94. The van der Waals surface area contributed by atoms with Gasteiger partial charge in [-0.25, -0.2) is 0 Å². The fourth-order valence-corrected chi connectivity index (χ4v) is 2.73. The smallest absolute Gasteiger partial charge is 0.106 e. The van der Waals surface area contributed by atoms with Crippen LogP contribution in [0, 0.1) is 6.92 Å². The SMILES string of the molecule is Cc1ccc(C2NCCN2c2cccc(Cl)c2)cc1. The van der Waals surface area contributed by atoms with E-state index in [1.165, 1.54) is 16.8 Å². The van der Waals surface area contributed by atoms with Gasteiger partial charge in [0.05, 0.1) is 0 Å². The number of hydrogen-bond acceptors (Lipinski definition) is 2. The molecule has 98 valence electrons. The van der Waals surface area contributed by atoms with Gasteiger partial charge in [0, 0.05) is 23.8 Å². The lowest BCUT2D eigenvalue weighted by Gasteiger charge is -2.27. The molecule has 0 radical (unpaired) electrons. The third-order valence-electron chi connectivity index (χ3n) is 3.54. The number of anilines is 1. The molecule has 0 saturated carbocycles. The summed E-state index contributed by atoms with van der Waals surface area (Å²) in [5.74, 6) is 0. The predicted octanol–water partition coefficient (Wildman–Crippen LogP) is 3.76. The standard InChI is InChI=1S/C16H17ClN2/c1-12-5-7-13(8-6-12)16-18-9-10-19(16)15-4-2-3-14(17)11-15/h2-8,11,16,18H,9-10H2,1H3. The summed E-state index contributed by atoms with van der Waals surface area (Å²) in [5, 5.41) is 4.33. The van der Waals surface area contributed by atoms with Crippen molar-refractivity contribution in [1.82, 2.24) is 5.32 Å². The van der Waals surface area contributed by atoms with Gasteiger partial charge in [0.1, 0.15) is 6.17 Å². The van der Waals surface area contributed by atoms with Crippen LogP contribution < -0.4 is 10.2 Å². The maximum Gasteiger partial charge on any atom is 0.106 e. The third-order valence-corrected chi connectivity index (χ3v) is 3.77. The van der Waals surface area contributed by atoms with Crippen LogP contribution in [0.5, 0.6) is 0 Å². The zero-order chi connectivity index (χ0) is 13.2. The predicted molar refractivity (Wildman–Crippen MR) is 80.7 cm³/mol. The van der Waals surface area contributed by atoms with Crippen LogP contribution in [0.4, 0.5) is 5.69 Å². The van der Waals surface area contributed by atoms with E-state index in [1.807, 2.05) is 18.2 Å². The summed E-state index contributed by atoms with van der Waals surface area (Å²) in [5.41, 5.74) is 3.75. The van der Waals surface area contributed by atoms with Crippen molar-refractivity contribution < 1.29 is 0 Å². The van der Waals surface area contributed by atoms with Crippen LogP contribution in [0.15, 0.2) is 48.5 Å². The van der Waals surface area contributed by atoms with Crippen molar-refractivity contribution in [3.05, 3.63) is 64.7 Å². The lowest BCUT2D eigenvalue weighted by atomic mass is 10.1. The minimum atomic E-state index is 0.235. The molecule has 3 heteroatoms. The molecule has 0 amide bonds. The summed E-state index contributed by atoms with van der Waals surface area (Å²) in [6.45, 7) is 4.10. The molecule has 0 bridgehead atoms. The minimum absolute atomic E-state index is 0.235. The summed E-state index contributed by atoms with van der Waals surface area (Å²) in [7, 11) is 0. The Morgan fingerprint density at radius 3 is 2.68 bits per heavy atom. The maximum absolute atomic E-state index is 6.09. The molecular formula is C16H17ClN2. The highest BCUT2D eigenvalue weighted by Crippen LogP contribution is 2.29. The quantitative estimate of drug-likeness (QED) is 0.896. The van der Waals surface area contributed by atoms with E-state index in [2.05, 4.69) is 47.5 Å². The molecule has 1 fully saturated rings. The minimum Gasteiger partial charge on any atom is -0.351 e. The second-order valence-corrected chi connectivity index (χ2v) is 5.38. The monoisotopic (exact) mass is 272 g/mol. The topological polar surface area (TPSA) is 15.3 Å². The summed E-state index contributed by atoms with van der Waals surface area (Å²) >= 11 is 6.09. The molecule has 1 heterocycles. The van der Waals surface area contributed by atoms with E-state index in [9.17, 15) is 0 Å². The number of aryl methyl sites for hydroxylation is 1. The zero-order valence-corrected chi connectivity index (χ0v) is 11.7. The zero-order valence-electron chi connectivity index (χ0n) is 10.9. The Morgan fingerprint density at radius 1 is 1.16 bits per heavy atom. The van der Waals surface area contributed by atoms with Gasteiger partial charge in [-0.2, -0.15) is 0 Å². The Hall–Kier alpha value is -1.51. The second-order valence-electron chi connectivity index (χ2n) is 4.94. The van der Waals surface area contributed by atoms with Crippen LogP contribution in [0.1, 0.15) is 17.3 Å². The van der Waals surface area contributed by atoms with Gasteiger partial charge < -0.3 is 4.90 Å². The van der Waals surface area contributed by atoms with E-state index in [0.29, 0.717) is 0 Å². The molecular weight excluding hydrogens is 256 g/mol. The van der Waals surface area contributed by atoms with Crippen molar-refractivity contribution >= 4 is 17.3 Å². The molecule has 1 aliphatic heterocycles. The normalized spacial score (nSPS) is 18.8. The molecule has 2 nitrogen and oxygen atoms in total. The lowest BCUT2D eigenvalue weighted by Crippen LogP contribution is -2.27. The van der Waals surface area contributed by atoms with Gasteiger partial charge >= 0.3 is 0 Å². The van der Waals surface area contributed by atoms with Crippen LogP contribution >= 0.6 is 11.6 Å². The first-order chi connectivity index (χ1) is 9.24. The number of benzene rings is 2. The Kier molecular flexibility index (Phi) is 3.45. The third kappa shape index (κ3) is 2.60. The van der Waals surface area contributed by atoms with E-state index in [1.54, 1.807) is 0 Å². The maximum atomic E-state index is 6.09. The molecule has 1 N–H and O–H groups in total. The first-order valence-electron chi connectivity index (χ1n) is 6.56. The van der Waals surface area contributed by atoms with Crippen molar-refractivity contribution in [3.8, 4) is 0 Å². The number of halogens is 1. The molecule has 0 spiro atoms. The largest absolute Gasteiger partial charge is 0.351 e. The summed E-state index contributed by atoms with van der Waals surface area (Å²) in [4.78, 5) is 2.36. The summed E-state index contributed by atoms with van der Waals surface area (Å²) < 4.78 is 0. The van der Waals surface area contributed by atoms with Crippen molar-refractivity contribution in [2.24, 2.45) is 0 Å². The summed E-state index contributed by atoms with van der Waals surface area (Å²) in [6.07, 6.45) is 0.235. The highest BCUT2D eigenvalue weighted by atomic mass is 35.5. The average molecular weight is 273 g/mol. The number of nitrogens with zero attached hydrogens (tertiary/aromatic N) is 1. The van der Waals surface area contributed by atoms with Gasteiger partial charge in [0.15, 0.2) is 0 Å².